The van der Waals surface area contributed by atoms with Gasteiger partial charge in [-0.15, -0.1) is 0 Å². The summed E-state index contributed by atoms with van der Waals surface area (Å²) in [7, 11) is 0. The zero-order chi connectivity index (χ0) is 38.8. The Kier molecular flexibility index (Phi) is 1.92. The molecule has 1 heteroatoms. The maximum absolute atomic E-state index is 14.3. The maximum Gasteiger partial charge on any atom is 0.133 e. The summed E-state index contributed by atoms with van der Waals surface area (Å²) in [5, 5.41) is 89.2. The van der Waals surface area contributed by atoms with E-state index in [0.717, 1.165) is 19.3 Å². The summed E-state index contributed by atoms with van der Waals surface area (Å²) >= 11 is 0. The van der Waals surface area contributed by atoms with Crippen LogP contribution in [0.25, 0.3) is 291 Å². The van der Waals surface area contributed by atoms with Crippen LogP contribution < -0.4 is 0 Å². The summed E-state index contributed by atoms with van der Waals surface area (Å²) in [6.45, 7) is 0. The van der Waals surface area contributed by atoms with E-state index in [1.165, 1.54) is 0 Å². The standard InChI is InChI=1S/C65H8O/c66-5-2-1-4(3-5)65-62-58-52-38-30-22-10-7-6-8-11(10)23-25-21-15(8)17-13-9(6)12-16-14(7)20-24(22)36(38)44-42-28(20)26(16)34-32-18(12)19(13)33-35-27(17)29(21)43-45-37(25)39(31(23)30)53(52)59(62)55(45)57-49(43)47(35)51-41(33)40(32)50-46(34)48(42)56(54(44)58)63(65)60(50)61(51)64(57)65/h4,62H,1-3H2. The molecule has 33 rings (SSSR count). The van der Waals surface area contributed by atoms with Crippen LogP contribution in [0.15, 0.2) is 0 Å². The minimum atomic E-state index is -0.252. The largest absolute Gasteiger partial charge is 0.300 e. The van der Waals surface area contributed by atoms with Gasteiger partial charge in [0.1, 0.15) is 5.78 Å². The van der Waals surface area contributed by atoms with Crippen molar-refractivity contribution in [3.63, 3.8) is 0 Å². The van der Waals surface area contributed by atoms with Crippen LogP contribution in [0.5, 0.6) is 0 Å². The molecule has 1 saturated carbocycles. The van der Waals surface area contributed by atoms with E-state index in [2.05, 4.69) is 0 Å². The van der Waals surface area contributed by atoms with Crippen molar-refractivity contribution >= 4 is 297 Å². The van der Waals surface area contributed by atoms with Gasteiger partial charge in [-0.25, -0.2) is 0 Å². The number of rotatable bonds is 1. The highest BCUT2D eigenvalue weighted by molar-refractivity contribution is 6.82. The number of Topliss-reactive ketones (excluding diaryl/α,β-unsaturated/α-hetero) is 1. The predicted molar refractivity (Wildman–Crippen MR) is 277 cm³/mol. The van der Waals surface area contributed by atoms with Crippen LogP contribution in [-0.2, 0) is 10.2 Å². The summed E-state index contributed by atoms with van der Waals surface area (Å²) < 4.78 is 0. The fraction of sp³-hybridized carbons (Fsp3) is 0.0923. The van der Waals surface area contributed by atoms with Crippen LogP contribution in [0.3, 0.4) is 0 Å². The van der Waals surface area contributed by atoms with E-state index in [0.29, 0.717) is 11.7 Å². The van der Waals surface area contributed by atoms with Gasteiger partial charge in [-0.3, -0.25) is 4.79 Å². The van der Waals surface area contributed by atoms with Crippen molar-refractivity contribution in [1.82, 2.24) is 0 Å². The molecule has 5 aliphatic carbocycles. The van der Waals surface area contributed by atoms with Gasteiger partial charge in [-0.05, 0) is 325 Å². The lowest BCUT2D eigenvalue weighted by Gasteiger charge is -2.49. The van der Waals surface area contributed by atoms with Crippen LogP contribution in [0, 0.1) is 5.92 Å². The summed E-state index contributed by atoms with van der Waals surface area (Å²) in [6, 6.07) is 0. The third-order valence-electron chi connectivity index (χ3n) is 25.1. The second-order valence-corrected chi connectivity index (χ2v) is 25.1. The molecule has 0 amide bonds. The monoisotopic (exact) mass is 804 g/mol. The van der Waals surface area contributed by atoms with Crippen LogP contribution in [0.2, 0.25) is 0 Å². The molecule has 1 unspecified atom stereocenters. The zero-order valence-electron chi connectivity index (χ0n) is 33.7. The highest BCUT2D eigenvalue weighted by Crippen LogP contribution is 2.84. The summed E-state index contributed by atoms with van der Waals surface area (Å²) in [5.74, 6) is 1.06. The summed E-state index contributed by atoms with van der Waals surface area (Å²) in [6.07, 6.45) is 2.49. The topological polar surface area (TPSA) is 17.1 Å². The van der Waals surface area contributed by atoms with Crippen LogP contribution in [0.1, 0.15) is 47.4 Å². The van der Waals surface area contributed by atoms with Gasteiger partial charge in [0.15, 0.2) is 0 Å². The molecule has 274 valence electrons. The van der Waals surface area contributed by atoms with Gasteiger partial charge in [0, 0.05) is 24.2 Å². The Morgan fingerprint density at radius 2 is 0.424 bits per heavy atom. The van der Waals surface area contributed by atoms with Gasteiger partial charge in [0.2, 0.25) is 0 Å². The fourth-order valence-corrected chi connectivity index (χ4v) is 25.1. The minimum absolute atomic E-state index is 0.249. The number of ketones is 1. The minimum Gasteiger partial charge on any atom is -0.300 e. The lowest BCUT2D eigenvalue weighted by Crippen LogP contribution is -2.43. The molecule has 5 aliphatic rings. The molecule has 28 aromatic rings. The predicted octanol–water partition coefficient (Wildman–Crippen LogP) is 17.5. The van der Waals surface area contributed by atoms with Gasteiger partial charge in [-0.2, -0.15) is 0 Å². The van der Waals surface area contributed by atoms with Crippen LogP contribution >= 0.6 is 0 Å². The van der Waals surface area contributed by atoms with Crippen molar-refractivity contribution in [2.24, 2.45) is 5.92 Å². The second-order valence-electron chi connectivity index (χ2n) is 25.1. The molecular formula is C65H8O. The Hall–Kier alpha value is -7.87. The van der Waals surface area contributed by atoms with Gasteiger partial charge in [0.05, 0.1) is 0 Å². The third-order valence-corrected chi connectivity index (χ3v) is 25.1. The average molecular weight is 805 g/mol. The second kappa shape index (κ2) is 5.31. The first-order chi connectivity index (χ1) is 32.9. The number of hydrogen-bond donors (Lipinski definition) is 0. The Morgan fingerprint density at radius 1 is 0.242 bits per heavy atom. The Bertz CT molecular complexity index is 6850. The molecule has 0 N–H and O–H groups in total. The summed E-state index contributed by atoms with van der Waals surface area (Å²) in [4.78, 5) is 14.3. The summed E-state index contributed by atoms with van der Waals surface area (Å²) in [5.41, 5.74) is 6.65. The first-order valence-corrected chi connectivity index (χ1v) is 25.1. The maximum atomic E-state index is 14.3. The normalized spacial score (nSPS) is 23.7. The first kappa shape index (κ1) is 23.9. The van der Waals surface area contributed by atoms with E-state index < -0.39 is 0 Å². The number of benzene rings is 18. The lowest BCUT2D eigenvalue weighted by atomic mass is 9.52. The molecule has 1 fully saturated rings. The fourth-order valence-electron chi connectivity index (χ4n) is 25.1. The van der Waals surface area contributed by atoms with E-state index in [1.807, 2.05) is 0 Å². The third kappa shape index (κ3) is 1.23. The molecule has 1 nitrogen and oxygen atoms in total. The molecule has 0 radical (unpaired) electrons. The molecular weight excluding hydrogens is 797 g/mol. The van der Waals surface area contributed by atoms with Gasteiger partial charge in [0.25, 0.3) is 0 Å². The van der Waals surface area contributed by atoms with Crippen molar-refractivity contribution in [3.05, 3.63) is 22.3 Å². The van der Waals surface area contributed by atoms with E-state index in [1.54, 1.807) is 313 Å². The molecule has 0 spiro atoms. The SMILES string of the molecule is O=C1CCC(C23c4c5c6c7c8c9c(c%10c%11c2c2c4c4c%12c5c5c6c6c8c8c%13c9c9c%10c%10c%11c%11c2c2c4c4c%12c%12c5c5c6c8c6c8c%13c9c9c%10c%10c%11c2c2c4c4c%12c5c6c5c8c9c%10c2c45)C73)C1. The molecule has 0 saturated heterocycles. The Labute approximate surface area is 358 Å². The van der Waals surface area contributed by atoms with Crippen molar-refractivity contribution in [2.45, 2.75) is 30.6 Å². The van der Waals surface area contributed by atoms with Gasteiger partial charge >= 0.3 is 0 Å². The highest BCUT2D eigenvalue weighted by Gasteiger charge is 2.65. The number of carbonyl (C=O) groups excluding carboxylic acids is 1. The van der Waals surface area contributed by atoms with Gasteiger partial charge in [-0.1, -0.05) is 0 Å². The van der Waals surface area contributed by atoms with E-state index in [4.69, 9.17) is 0 Å². The Morgan fingerprint density at radius 3 is 0.636 bits per heavy atom. The lowest BCUT2D eigenvalue weighted by molar-refractivity contribution is -0.117. The molecule has 0 bridgehead atoms. The van der Waals surface area contributed by atoms with E-state index in [-0.39, 0.29) is 11.3 Å². The van der Waals surface area contributed by atoms with Gasteiger partial charge < -0.3 is 0 Å². The molecule has 1 atom stereocenters. The Balaban J connectivity index is 1.24. The highest BCUT2D eigenvalue weighted by atomic mass is 16.1. The molecule has 0 aliphatic heterocycles. The quantitative estimate of drug-likeness (QED) is 0.151. The average Bonchev–Trinajstić information content (AvgIpc) is 4.15. The van der Waals surface area contributed by atoms with Crippen LogP contribution in [-0.4, -0.2) is 5.78 Å². The smallest absolute Gasteiger partial charge is 0.133 e. The van der Waals surface area contributed by atoms with E-state index >= 15 is 0 Å². The molecule has 0 heterocycles. The van der Waals surface area contributed by atoms with Crippen LogP contribution in [0.4, 0.5) is 0 Å². The molecule has 66 heavy (non-hydrogen) atoms. The number of hydrogen-bond acceptors (Lipinski definition) is 1. The van der Waals surface area contributed by atoms with Crippen molar-refractivity contribution < 1.29 is 4.79 Å². The van der Waals surface area contributed by atoms with Crippen molar-refractivity contribution in [3.8, 4) is 0 Å². The number of carbonyl (C=O) groups is 1. The zero-order valence-corrected chi connectivity index (χ0v) is 33.7. The van der Waals surface area contributed by atoms with E-state index in [9.17, 15) is 4.79 Å². The molecule has 0 aromatic heterocycles. The molecule has 28 aromatic carbocycles. The first-order valence-electron chi connectivity index (χ1n) is 25.1. The van der Waals surface area contributed by atoms with Crippen molar-refractivity contribution in [2.75, 3.05) is 0 Å². The van der Waals surface area contributed by atoms with Crippen molar-refractivity contribution in [1.29, 1.82) is 0 Å².